The van der Waals surface area contributed by atoms with Crippen LogP contribution in [0.4, 0.5) is 13.2 Å². The molecular weight excluding hydrogens is 519 g/mol. The number of hydrogen-bond donors (Lipinski definition) is 0. The molecule has 0 bridgehead atoms. The van der Waals surface area contributed by atoms with Crippen LogP contribution in [0.3, 0.4) is 0 Å². The number of benzene rings is 2. The minimum Gasteiger partial charge on any atom is -0.493 e. The van der Waals surface area contributed by atoms with Crippen molar-refractivity contribution >= 4 is 6.72 Å². The standard InChI is InChI=1S/C36H50F3NO/c1-7-11-30-23-28(13-15-31(30)32-14-12-27(4)21-33(32)41-20-19-36(37,38)39)22-29-24-35(25-29,26-40-6)18-10-17-34(5,9-3)16-8-2/h9,12-15,21,23,29H,3,6-8,10-11,16-20,22,24-26H2,1-2,4-5H3. The Morgan fingerprint density at radius 1 is 1.02 bits per heavy atom. The van der Waals surface area contributed by atoms with Gasteiger partial charge < -0.3 is 9.73 Å². The summed E-state index contributed by atoms with van der Waals surface area (Å²) in [4.78, 5) is 4.33. The van der Waals surface area contributed by atoms with Gasteiger partial charge in [0.05, 0.1) is 13.0 Å². The highest BCUT2D eigenvalue weighted by Crippen LogP contribution is 2.51. The zero-order chi connectivity index (χ0) is 30.1. The van der Waals surface area contributed by atoms with Gasteiger partial charge in [0.1, 0.15) is 5.75 Å². The van der Waals surface area contributed by atoms with E-state index in [0.717, 1.165) is 42.5 Å². The Bertz CT molecular complexity index is 1150. The molecule has 3 rings (SSSR count). The van der Waals surface area contributed by atoms with Crippen molar-refractivity contribution in [3.05, 3.63) is 65.7 Å². The van der Waals surface area contributed by atoms with Crippen molar-refractivity contribution in [3.8, 4) is 16.9 Å². The lowest BCUT2D eigenvalue weighted by Gasteiger charge is -2.48. The molecule has 0 amide bonds. The van der Waals surface area contributed by atoms with Crippen molar-refractivity contribution in [1.82, 2.24) is 0 Å². The van der Waals surface area contributed by atoms with Crippen LogP contribution in [0.2, 0.25) is 0 Å². The number of halogens is 3. The van der Waals surface area contributed by atoms with Crippen molar-refractivity contribution in [3.63, 3.8) is 0 Å². The van der Waals surface area contributed by atoms with Gasteiger partial charge in [0.25, 0.3) is 0 Å². The summed E-state index contributed by atoms with van der Waals surface area (Å²) in [6.45, 7) is 17.0. The molecule has 41 heavy (non-hydrogen) atoms. The molecule has 1 aliphatic rings. The average Bonchev–Trinajstić information content (AvgIpc) is 2.88. The van der Waals surface area contributed by atoms with E-state index >= 15 is 0 Å². The summed E-state index contributed by atoms with van der Waals surface area (Å²) in [7, 11) is 0. The van der Waals surface area contributed by atoms with E-state index in [9.17, 15) is 13.2 Å². The third kappa shape index (κ3) is 9.48. The molecule has 5 heteroatoms. The van der Waals surface area contributed by atoms with Crippen LogP contribution >= 0.6 is 0 Å². The zero-order valence-corrected chi connectivity index (χ0v) is 25.7. The first-order valence-electron chi connectivity index (χ1n) is 15.4. The van der Waals surface area contributed by atoms with E-state index in [2.05, 4.69) is 63.3 Å². The predicted octanol–water partition coefficient (Wildman–Crippen LogP) is 10.7. The summed E-state index contributed by atoms with van der Waals surface area (Å²) in [5, 5.41) is 0. The Morgan fingerprint density at radius 3 is 2.39 bits per heavy atom. The van der Waals surface area contributed by atoms with Crippen LogP contribution in [0, 0.1) is 23.7 Å². The second-order valence-corrected chi connectivity index (χ2v) is 12.8. The van der Waals surface area contributed by atoms with Crippen LogP contribution in [0.5, 0.6) is 5.75 Å². The molecule has 1 aliphatic carbocycles. The molecule has 2 aromatic carbocycles. The quantitative estimate of drug-likeness (QED) is 0.137. The normalized spacial score (nSPS) is 20.2. The largest absolute Gasteiger partial charge is 0.493 e. The first-order valence-corrected chi connectivity index (χ1v) is 15.4. The highest BCUT2D eigenvalue weighted by molar-refractivity contribution is 5.74. The van der Waals surface area contributed by atoms with Gasteiger partial charge in [-0.25, -0.2) is 0 Å². The minimum atomic E-state index is -4.24. The van der Waals surface area contributed by atoms with E-state index in [-0.39, 0.29) is 17.4 Å². The van der Waals surface area contributed by atoms with Crippen LogP contribution in [-0.4, -0.2) is 26.0 Å². The summed E-state index contributed by atoms with van der Waals surface area (Å²) < 4.78 is 44.0. The molecule has 1 fully saturated rings. The molecule has 2 nitrogen and oxygen atoms in total. The molecular formula is C36H50F3NO. The van der Waals surface area contributed by atoms with Crippen molar-refractivity contribution < 1.29 is 17.9 Å². The van der Waals surface area contributed by atoms with Crippen LogP contribution in [0.15, 0.2) is 54.0 Å². The first kappa shape index (κ1) is 32.9. The summed E-state index contributed by atoms with van der Waals surface area (Å²) in [6.07, 6.45) is 8.20. The van der Waals surface area contributed by atoms with E-state index < -0.39 is 12.6 Å². The van der Waals surface area contributed by atoms with Gasteiger partial charge in [0, 0.05) is 12.1 Å². The third-order valence-corrected chi connectivity index (χ3v) is 8.94. The number of aliphatic imine (C=N–C) groups is 1. The summed E-state index contributed by atoms with van der Waals surface area (Å²) in [6, 6.07) is 12.5. The van der Waals surface area contributed by atoms with E-state index in [1.54, 1.807) is 0 Å². The zero-order valence-electron chi connectivity index (χ0n) is 25.7. The van der Waals surface area contributed by atoms with Gasteiger partial charge in [0.15, 0.2) is 0 Å². The Balaban J connectivity index is 1.70. The number of allylic oxidation sites excluding steroid dienone is 1. The van der Waals surface area contributed by atoms with E-state index in [1.165, 1.54) is 56.1 Å². The number of aryl methyl sites for hydroxylation is 2. The van der Waals surface area contributed by atoms with Crippen LogP contribution in [-0.2, 0) is 12.8 Å². The highest BCUT2D eigenvalue weighted by Gasteiger charge is 2.43. The third-order valence-electron chi connectivity index (χ3n) is 8.94. The molecule has 0 aliphatic heterocycles. The van der Waals surface area contributed by atoms with Crippen LogP contribution in [0.25, 0.3) is 11.1 Å². The Labute approximate surface area is 246 Å². The van der Waals surface area contributed by atoms with Gasteiger partial charge in [-0.3, -0.25) is 0 Å². The van der Waals surface area contributed by atoms with Crippen molar-refractivity contribution in [1.29, 1.82) is 0 Å². The van der Waals surface area contributed by atoms with Gasteiger partial charge in [0.2, 0.25) is 0 Å². The Morgan fingerprint density at radius 2 is 1.76 bits per heavy atom. The molecule has 1 saturated carbocycles. The number of nitrogens with zero attached hydrogens (tertiary/aromatic N) is 1. The molecule has 0 aromatic heterocycles. The van der Waals surface area contributed by atoms with Gasteiger partial charge in [-0.15, -0.1) is 6.58 Å². The van der Waals surface area contributed by atoms with Crippen molar-refractivity contribution in [2.24, 2.45) is 21.7 Å². The average molecular weight is 570 g/mol. The van der Waals surface area contributed by atoms with Gasteiger partial charge in [-0.2, -0.15) is 13.2 Å². The molecule has 0 heterocycles. The summed E-state index contributed by atoms with van der Waals surface area (Å²) >= 11 is 0. The van der Waals surface area contributed by atoms with Crippen molar-refractivity contribution in [2.75, 3.05) is 13.2 Å². The Hall–Kier alpha value is -2.56. The lowest BCUT2D eigenvalue weighted by Crippen LogP contribution is -2.41. The molecule has 226 valence electrons. The monoisotopic (exact) mass is 569 g/mol. The number of hydrogen-bond acceptors (Lipinski definition) is 2. The second-order valence-electron chi connectivity index (χ2n) is 12.8. The van der Waals surface area contributed by atoms with Gasteiger partial charge >= 0.3 is 6.18 Å². The second kappa shape index (κ2) is 14.6. The molecule has 2 aromatic rings. The van der Waals surface area contributed by atoms with E-state index in [1.807, 2.05) is 25.1 Å². The van der Waals surface area contributed by atoms with Gasteiger partial charge in [-0.05, 0) is 104 Å². The molecule has 0 radical (unpaired) electrons. The molecule has 0 spiro atoms. The predicted molar refractivity (Wildman–Crippen MR) is 167 cm³/mol. The lowest BCUT2D eigenvalue weighted by molar-refractivity contribution is -0.139. The van der Waals surface area contributed by atoms with Crippen molar-refractivity contribution in [2.45, 2.75) is 105 Å². The van der Waals surface area contributed by atoms with Crippen LogP contribution in [0.1, 0.15) is 95.2 Å². The summed E-state index contributed by atoms with van der Waals surface area (Å²) in [5.74, 6) is 1.16. The first-order chi connectivity index (χ1) is 19.4. The Kier molecular flexibility index (Phi) is 11.7. The maximum Gasteiger partial charge on any atom is 0.392 e. The fourth-order valence-corrected chi connectivity index (χ4v) is 6.82. The van der Waals surface area contributed by atoms with E-state index in [0.29, 0.717) is 11.7 Å². The fourth-order valence-electron chi connectivity index (χ4n) is 6.82. The molecule has 1 unspecified atom stereocenters. The van der Waals surface area contributed by atoms with Crippen LogP contribution < -0.4 is 4.74 Å². The summed E-state index contributed by atoms with van der Waals surface area (Å²) in [5.41, 5.74) is 5.93. The fraction of sp³-hybridized carbons (Fsp3) is 0.583. The topological polar surface area (TPSA) is 21.6 Å². The smallest absolute Gasteiger partial charge is 0.392 e. The minimum absolute atomic E-state index is 0.221. The number of ether oxygens (including phenoxy) is 1. The SMILES string of the molecule is C=CC(C)(CCC)CCCC1(CN=C)CC(Cc2ccc(-c3ccc(C)cc3OCCC(F)(F)F)c(CCC)c2)C1. The molecule has 0 saturated heterocycles. The van der Waals surface area contributed by atoms with E-state index in [4.69, 9.17) is 4.74 Å². The number of alkyl halides is 3. The maximum atomic E-state index is 12.8. The highest BCUT2D eigenvalue weighted by atomic mass is 19.4. The lowest BCUT2D eigenvalue weighted by atomic mass is 9.58. The maximum absolute atomic E-state index is 12.8. The van der Waals surface area contributed by atoms with Gasteiger partial charge in [-0.1, -0.05) is 76.4 Å². The molecule has 1 atom stereocenters. The number of rotatable bonds is 17. The molecule has 0 N–H and O–H groups in total.